The van der Waals surface area contributed by atoms with Gasteiger partial charge in [-0.2, -0.15) is 0 Å². The Balaban J connectivity index is 2.35. The molecule has 0 aromatic carbocycles. The highest BCUT2D eigenvalue weighted by Crippen LogP contribution is 2.29. The predicted molar refractivity (Wildman–Crippen MR) is 63.8 cm³/mol. The molecule has 2 rings (SSSR count). The van der Waals surface area contributed by atoms with Crippen LogP contribution in [0.5, 0.6) is 0 Å². The molecule has 0 amide bonds. The lowest BCUT2D eigenvalue weighted by atomic mass is 10.4. The van der Waals surface area contributed by atoms with Gasteiger partial charge in [0.05, 0.1) is 11.4 Å². The highest BCUT2D eigenvalue weighted by atomic mass is 35.5. The van der Waals surface area contributed by atoms with Crippen molar-refractivity contribution in [2.75, 3.05) is 0 Å². The molecule has 2 aromatic rings. The van der Waals surface area contributed by atoms with Crippen LogP contribution in [-0.4, -0.2) is 19.5 Å². The van der Waals surface area contributed by atoms with E-state index in [1.807, 2.05) is 31.7 Å². The van der Waals surface area contributed by atoms with Crippen molar-refractivity contribution in [1.82, 2.24) is 19.5 Å². The number of imidazole rings is 1. The van der Waals surface area contributed by atoms with Gasteiger partial charge in [0.25, 0.3) is 0 Å². The molecule has 0 fully saturated rings. The molecule has 2 aromatic heterocycles. The zero-order valence-corrected chi connectivity index (χ0v) is 10.8. The SMILES string of the molecule is Cc1nc(Cl)c(Sc2nccn2C)nc1C. The lowest BCUT2D eigenvalue weighted by Crippen LogP contribution is -1.96. The molecule has 0 atom stereocenters. The second-order valence-electron chi connectivity index (χ2n) is 3.41. The fourth-order valence-electron chi connectivity index (χ4n) is 1.16. The van der Waals surface area contributed by atoms with Gasteiger partial charge >= 0.3 is 0 Å². The van der Waals surface area contributed by atoms with E-state index in [1.54, 1.807) is 6.20 Å². The van der Waals surface area contributed by atoms with Crippen LogP contribution in [0.25, 0.3) is 0 Å². The van der Waals surface area contributed by atoms with Crippen LogP contribution in [0.4, 0.5) is 0 Å². The number of halogens is 1. The quantitative estimate of drug-likeness (QED) is 0.826. The Morgan fingerprint density at radius 1 is 1.25 bits per heavy atom. The van der Waals surface area contributed by atoms with Crippen molar-refractivity contribution < 1.29 is 0 Å². The first-order chi connectivity index (χ1) is 7.58. The summed E-state index contributed by atoms with van der Waals surface area (Å²) in [7, 11) is 1.93. The summed E-state index contributed by atoms with van der Waals surface area (Å²) in [5.74, 6) is 0. The second-order valence-corrected chi connectivity index (χ2v) is 4.73. The molecule has 0 aliphatic rings. The summed E-state index contributed by atoms with van der Waals surface area (Å²) >= 11 is 7.46. The van der Waals surface area contributed by atoms with Gasteiger partial charge < -0.3 is 4.57 Å². The van der Waals surface area contributed by atoms with Gasteiger partial charge in [0.2, 0.25) is 0 Å². The third kappa shape index (κ3) is 2.20. The number of hydrogen-bond donors (Lipinski definition) is 0. The average molecular weight is 255 g/mol. The second kappa shape index (κ2) is 4.43. The van der Waals surface area contributed by atoms with E-state index in [1.165, 1.54) is 11.8 Å². The number of aromatic nitrogens is 4. The normalized spacial score (nSPS) is 10.8. The van der Waals surface area contributed by atoms with Crippen LogP contribution < -0.4 is 0 Å². The third-order valence-electron chi connectivity index (χ3n) is 2.20. The Kier molecular flexibility index (Phi) is 3.16. The first-order valence-corrected chi connectivity index (χ1v) is 5.93. The number of aryl methyl sites for hydroxylation is 3. The Morgan fingerprint density at radius 2 is 1.94 bits per heavy atom. The largest absolute Gasteiger partial charge is 0.329 e. The van der Waals surface area contributed by atoms with Crippen LogP contribution >= 0.6 is 23.4 Å². The molecular weight excluding hydrogens is 244 g/mol. The maximum Gasteiger partial charge on any atom is 0.174 e. The van der Waals surface area contributed by atoms with E-state index in [-0.39, 0.29) is 0 Å². The zero-order chi connectivity index (χ0) is 11.7. The summed E-state index contributed by atoms with van der Waals surface area (Å²) in [6, 6.07) is 0. The van der Waals surface area contributed by atoms with E-state index in [9.17, 15) is 0 Å². The van der Waals surface area contributed by atoms with Gasteiger partial charge in [-0.3, -0.25) is 0 Å². The molecule has 0 spiro atoms. The predicted octanol–water partition coefficient (Wildman–Crippen LogP) is 2.63. The van der Waals surface area contributed by atoms with E-state index in [2.05, 4.69) is 15.0 Å². The molecule has 6 heteroatoms. The molecule has 2 heterocycles. The fourth-order valence-corrected chi connectivity index (χ4v) is 2.25. The van der Waals surface area contributed by atoms with Gasteiger partial charge in [-0.1, -0.05) is 11.6 Å². The molecule has 0 aliphatic carbocycles. The molecule has 0 bridgehead atoms. The van der Waals surface area contributed by atoms with E-state index in [4.69, 9.17) is 11.6 Å². The third-order valence-corrected chi connectivity index (χ3v) is 3.63. The van der Waals surface area contributed by atoms with Crippen LogP contribution in [0.15, 0.2) is 22.6 Å². The summed E-state index contributed by atoms with van der Waals surface area (Å²) in [4.78, 5) is 12.8. The summed E-state index contributed by atoms with van der Waals surface area (Å²) in [6.45, 7) is 3.81. The van der Waals surface area contributed by atoms with Crippen molar-refractivity contribution in [2.45, 2.75) is 24.0 Å². The highest BCUT2D eigenvalue weighted by Gasteiger charge is 2.11. The Labute approximate surface area is 103 Å². The lowest BCUT2D eigenvalue weighted by Gasteiger charge is -2.05. The van der Waals surface area contributed by atoms with Crippen LogP contribution in [0.1, 0.15) is 11.4 Å². The van der Waals surface area contributed by atoms with E-state index in [0.29, 0.717) is 10.2 Å². The standard InChI is InChI=1S/C10H11ClN4S/c1-6-7(2)14-9(8(11)13-6)16-10-12-4-5-15(10)3/h4-5H,1-3H3. The van der Waals surface area contributed by atoms with Crippen LogP contribution in [0, 0.1) is 13.8 Å². The maximum absolute atomic E-state index is 6.04. The van der Waals surface area contributed by atoms with E-state index >= 15 is 0 Å². The van der Waals surface area contributed by atoms with Crippen molar-refractivity contribution in [1.29, 1.82) is 0 Å². The van der Waals surface area contributed by atoms with Gasteiger partial charge in [-0.25, -0.2) is 15.0 Å². The van der Waals surface area contributed by atoms with Crippen LogP contribution in [0.2, 0.25) is 5.15 Å². The van der Waals surface area contributed by atoms with Gasteiger partial charge in [0.15, 0.2) is 10.3 Å². The Bertz CT molecular complexity index is 524. The van der Waals surface area contributed by atoms with E-state index < -0.39 is 0 Å². The van der Waals surface area contributed by atoms with Crippen LogP contribution in [-0.2, 0) is 7.05 Å². The number of nitrogens with zero attached hydrogens (tertiary/aromatic N) is 4. The molecule has 0 radical (unpaired) electrons. The summed E-state index contributed by atoms with van der Waals surface area (Å²) in [5.41, 5.74) is 1.75. The first kappa shape index (κ1) is 11.4. The van der Waals surface area contributed by atoms with Crippen molar-refractivity contribution in [3.05, 3.63) is 28.9 Å². The van der Waals surface area contributed by atoms with Gasteiger partial charge in [0.1, 0.15) is 5.03 Å². The highest BCUT2D eigenvalue weighted by molar-refractivity contribution is 7.99. The molecule has 0 unspecified atom stereocenters. The van der Waals surface area contributed by atoms with Gasteiger partial charge in [-0.05, 0) is 25.6 Å². The maximum atomic E-state index is 6.04. The minimum absolute atomic E-state index is 0.427. The van der Waals surface area contributed by atoms with Gasteiger partial charge in [-0.15, -0.1) is 0 Å². The Morgan fingerprint density at radius 3 is 2.56 bits per heavy atom. The topological polar surface area (TPSA) is 43.6 Å². The van der Waals surface area contributed by atoms with Crippen molar-refractivity contribution in [2.24, 2.45) is 7.05 Å². The molecule has 0 saturated heterocycles. The molecule has 84 valence electrons. The van der Waals surface area contributed by atoms with Crippen molar-refractivity contribution in [3.63, 3.8) is 0 Å². The molecule has 0 saturated carbocycles. The van der Waals surface area contributed by atoms with Gasteiger partial charge in [0, 0.05) is 19.4 Å². The molecular formula is C10H11ClN4S. The number of hydrogen-bond acceptors (Lipinski definition) is 4. The molecule has 0 N–H and O–H groups in total. The molecule has 16 heavy (non-hydrogen) atoms. The summed E-state index contributed by atoms with van der Waals surface area (Å²) in [5, 5.41) is 1.97. The average Bonchev–Trinajstić information content (AvgIpc) is 2.61. The minimum Gasteiger partial charge on any atom is -0.329 e. The summed E-state index contributed by atoms with van der Waals surface area (Å²) in [6.07, 6.45) is 3.62. The monoisotopic (exact) mass is 254 g/mol. The molecule has 4 nitrogen and oxygen atoms in total. The Hall–Kier alpha value is -1.07. The minimum atomic E-state index is 0.427. The van der Waals surface area contributed by atoms with Crippen molar-refractivity contribution in [3.8, 4) is 0 Å². The zero-order valence-electron chi connectivity index (χ0n) is 9.23. The number of rotatable bonds is 2. The van der Waals surface area contributed by atoms with E-state index in [0.717, 1.165) is 16.5 Å². The fraction of sp³-hybridized carbons (Fsp3) is 0.300. The van der Waals surface area contributed by atoms with Crippen molar-refractivity contribution >= 4 is 23.4 Å². The summed E-state index contributed by atoms with van der Waals surface area (Å²) < 4.78 is 1.91. The van der Waals surface area contributed by atoms with Crippen LogP contribution in [0.3, 0.4) is 0 Å². The smallest absolute Gasteiger partial charge is 0.174 e. The lowest BCUT2D eigenvalue weighted by molar-refractivity contribution is 0.787. The molecule has 0 aliphatic heterocycles. The first-order valence-electron chi connectivity index (χ1n) is 4.74.